The molecule has 1 aromatic carbocycles. The molecule has 1 aromatic heterocycles. The van der Waals surface area contributed by atoms with Crippen LogP contribution >= 0.6 is 0 Å². The van der Waals surface area contributed by atoms with Crippen LogP contribution in [0.2, 0.25) is 0 Å². The molecule has 2 heterocycles. The lowest BCUT2D eigenvalue weighted by molar-refractivity contribution is 0.0949. The van der Waals surface area contributed by atoms with Gasteiger partial charge < -0.3 is 19.3 Å². The number of ether oxygens (including phenoxy) is 2. The molecule has 0 saturated heterocycles. The fourth-order valence-corrected chi connectivity index (χ4v) is 3.26. The van der Waals surface area contributed by atoms with Crippen LogP contribution in [-0.2, 0) is 0 Å². The second kappa shape index (κ2) is 9.43. The van der Waals surface area contributed by atoms with Crippen LogP contribution in [0.5, 0.6) is 11.5 Å². The average Bonchev–Trinajstić information content (AvgIpc) is 2.71. The standard InChI is InChI=1S/C21H29N3O2/c1-3-23(4-2)14-9-15-24(21-12-7-8-13-22-21)16-18-17-25-19-10-5-6-11-20(19)26-18/h5-8,10-13,18H,3-4,9,14-17H2,1-2H3. The Morgan fingerprint density at radius 1 is 1.00 bits per heavy atom. The van der Waals surface area contributed by atoms with Crippen molar-refractivity contribution < 1.29 is 9.47 Å². The molecule has 1 aliphatic rings. The minimum absolute atomic E-state index is 0.000333. The van der Waals surface area contributed by atoms with Crippen LogP contribution < -0.4 is 14.4 Å². The van der Waals surface area contributed by atoms with Crippen molar-refractivity contribution in [1.82, 2.24) is 9.88 Å². The van der Waals surface area contributed by atoms with E-state index in [2.05, 4.69) is 34.7 Å². The van der Waals surface area contributed by atoms with Gasteiger partial charge in [0.15, 0.2) is 17.6 Å². The summed E-state index contributed by atoms with van der Waals surface area (Å²) in [5, 5.41) is 0. The van der Waals surface area contributed by atoms with Gasteiger partial charge in [0.05, 0.1) is 6.54 Å². The Balaban J connectivity index is 1.63. The smallest absolute Gasteiger partial charge is 0.161 e. The third-order valence-corrected chi connectivity index (χ3v) is 4.76. The zero-order valence-corrected chi connectivity index (χ0v) is 15.8. The number of anilines is 1. The summed E-state index contributed by atoms with van der Waals surface area (Å²) in [6, 6.07) is 13.9. The second-order valence-electron chi connectivity index (χ2n) is 6.51. The molecule has 0 saturated carbocycles. The minimum Gasteiger partial charge on any atom is -0.486 e. The van der Waals surface area contributed by atoms with Crippen LogP contribution in [-0.4, -0.2) is 55.3 Å². The lowest BCUT2D eigenvalue weighted by atomic mass is 10.2. The lowest BCUT2D eigenvalue weighted by Crippen LogP contribution is -2.42. The Morgan fingerprint density at radius 3 is 2.50 bits per heavy atom. The molecule has 0 radical (unpaired) electrons. The second-order valence-corrected chi connectivity index (χ2v) is 6.51. The Labute approximate surface area is 156 Å². The summed E-state index contributed by atoms with van der Waals surface area (Å²) in [6.07, 6.45) is 2.95. The molecule has 140 valence electrons. The summed E-state index contributed by atoms with van der Waals surface area (Å²) in [7, 11) is 0. The molecule has 0 amide bonds. The largest absolute Gasteiger partial charge is 0.486 e. The van der Waals surface area contributed by atoms with Gasteiger partial charge in [-0.3, -0.25) is 0 Å². The van der Waals surface area contributed by atoms with E-state index in [1.807, 2.05) is 42.6 Å². The van der Waals surface area contributed by atoms with E-state index in [1.165, 1.54) is 0 Å². The molecule has 0 spiro atoms. The van der Waals surface area contributed by atoms with Gasteiger partial charge in [0.2, 0.25) is 0 Å². The highest BCUT2D eigenvalue weighted by Crippen LogP contribution is 2.31. The van der Waals surface area contributed by atoms with Gasteiger partial charge >= 0.3 is 0 Å². The van der Waals surface area contributed by atoms with E-state index in [1.54, 1.807) is 0 Å². The van der Waals surface area contributed by atoms with E-state index < -0.39 is 0 Å². The lowest BCUT2D eigenvalue weighted by Gasteiger charge is -2.32. The summed E-state index contributed by atoms with van der Waals surface area (Å²) in [5.74, 6) is 2.65. The summed E-state index contributed by atoms with van der Waals surface area (Å²) in [5.41, 5.74) is 0. The Hall–Kier alpha value is -2.27. The van der Waals surface area contributed by atoms with Crippen LogP contribution in [0.3, 0.4) is 0 Å². The van der Waals surface area contributed by atoms with Crippen molar-refractivity contribution in [3.8, 4) is 11.5 Å². The number of pyridine rings is 1. The van der Waals surface area contributed by atoms with Crippen LogP contribution in [0.1, 0.15) is 20.3 Å². The van der Waals surface area contributed by atoms with Crippen LogP contribution in [0, 0.1) is 0 Å². The third-order valence-electron chi connectivity index (χ3n) is 4.76. The Kier molecular flexibility index (Phi) is 6.72. The normalized spacial score (nSPS) is 15.9. The van der Waals surface area contributed by atoms with Gasteiger partial charge in [-0.2, -0.15) is 0 Å². The van der Waals surface area contributed by atoms with Crippen LogP contribution in [0.15, 0.2) is 48.7 Å². The third kappa shape index (κ3) is 4.88. The van der Waals surface area contributed by atoms with Crippen molar-refractivity contribution in [2.45, 2.75) is 26.4 Å². The predicted molar refractivity (Wildman–Crippen MR) is 105 cm³/mol. The van der Waals surface area contributed by atoms with E-state index in [0.29, 0.717) is 6.61 Å². The van der Waals surface area contributed by atoms with E-state index >= 15 is 0 Å². The zero-order chi connectivity index (χ0) is 18.2. The van der Waals surface area contributed by atoms with Gasteiger partial charge in [-0.05, 0) is 50.3 Å². The highest BCUT2D eigenvalue weighted by molar-refractivity contribution is 5.42. The molecular weight excluding hydrogens is 326 g/mol. The van der Waals surface area contributed by atoms with Gasteiger partial charge in [-0.25, -0.2) is 4.98 Å². The van der Waals surface area contributed by atoms with Gasteiger partial charge in [0.1, 0.15) is 12.4 Å². The Morgan fingerprint density at radius 2 is 1.77 bits per heavy atom. The number of fused-ring (bicyclic) bond motifs is 1. The van der Waals surface area contributed by atoms with Crippen molar-refractivity contribution >= 4 is 5.82 Å². The minimum atomic E-state index is 0.000333. The number of aromatic nitrogens is 1. The molecule has 1 atom stereocenters. The highest BCUT2D eigenvalue weighted by atomic mass is 16.6. The summed E-state index contributed by atoms with van der Waals surface area (Å²) in [6.45, 7) is 10.00. The topological polar surface area (TPSA) is 37.8 Å². The fourth-order valence-electron chi connectivity index (χ4n) is 3.26. The molecule has 2 aromatic rings. The fraction of sp³-hybridized carbons (Fsp3) is 0.476. The predicted octanol–water partition coefficient (Wildman–Crippen LogP) is 3.46. The zero-order valence-electron chi connectivity index (χ0n) is 15.8. The first-order chi connectivity index (χ1) is 12.8. The number of rotatable bonds is 9. The van der Waals surface area contributed by atoms with E-state index in [-0.39, 0.29) is 6.10 Å². The maximum absolute atomic E-state index is 6.15. The molecule has 5 heteroatoms. The number of nitrogens with zero attached hydrogens (tertiary/aromatic N) is 3. The van der Waals surface area contributed by atoms with Crippen LogP contribution in [0.4, 0.5) is 5.82 Å². The maximum Gasteiger partial charge on any atom is 0.161 e. The maximum atomic E-state index is 6.15. The molecule has 0 fully saturated rings. The number of hydrogen-bond acceptors (Lipinski definition) is 5. The number of benzene rings is 1. The highest BCUT2D eigenvalue weighted by Gasteiger charge is 2.23. The molecule has 26 heavy (non-hydrogen) atoms. The number of hydrogen-bond donors (Lipinski definition) is 0. The van der Waals surface area contributed by atoms with E-state index in [4.69, 9.17) is 9.47 Å². The molecule has 0 aliphatic carbocycles. The SMILES string of the molecule is CCN(CC)CCCN(CC1COc2ccccc2O1)c1ccccn1. The molecule has 1 unspecified atom stereocenters. The molecule has 0 N–H and O–H groups in total. The summed E-state index contributed by atoms with van der Waals surface area (Å²) >= 11 is 0. The monoisotopic (exact) mass is 355 g/mol. The first-order valence-corrected chi connectivity index (χ1v) is 9.57. The molecular formula is C21H29N3O2. The molecule has 5 nitrogen and oxygen atoms in total. The van der Waals surface area contributed by atoms with Crippen molar-refractivity contribution in [3.63, 3.8) is 0 Å². The molecule has 3 rings (SSSR count). The Bertz CT molecular complexity index is 661. The summed E-state index contributed by atoms with van der Waals surface area (Å²) in [4.78, 5) is 9.31. The van der Waals surface area contributed by atoms with Crippen molar-refractivity contribution in [2.75, 3.05) is 44.2 Å². The van der Waals surface area contributed by atoms with Gasteiger partial charge in [-0.1, -0.05) is 32.0 Å². The van der Waals surface area contributed by atoms with E-state index in [0.717, 1.165) is 56.5 Å². The molecule has 0 bridgehead atoms. The summed E-state index contributed by atoms with van der Waals surface area (Å²) < 4.78 is 12.0. The number of para-hydroxylation sites is 2. The van der Waals surface area contributed by atoms with Crippen molar-refractivity contribution in [3.05, 3.63) is 48.7 Å². The van der Waals surface area contributed by atoms with Crippen LogP contribution in [0.25, 0.3) is 0 Å². The van der Waals surface area contributed by atoms with E-state index in [9.17, 15) is 0 Å². The van der Waals surface area contributed by atoms with Gasteiger partial charge in [0, 0.05) is 12.7 Å². The average molecular weight is 355 g/mol. The van der Waals surface area contributed by atoms with Crippen molar-refractivity contribution in [2.24, 2.45) is 0 Å². The van der Waals surface area contributed by atoms with Gasteiger partial charge in [0.25, 0.3) is 0 Å². The first-order valence-electron chi connectivity index (χ1n) is 9.57. The van der Waals surface area contributed by atoms with Gasteiger partial charge in [-0.15, -0.1) is 0 Å². The first kappa shape index (κ1) is 18.5. The molecule has 1 aliphatic heterocycles. The van der Waals surface area contributed by atoms with Crippen molar-refractivity contribution in [1.29, 1.82) is 0 Å². The quantitative estimate of drug-likeness (QED) is 0.689.